The Morgan fingerprint density at radius 2 is 1.84 bits per heavy atom. The number of aryl methyl sites for hydroxylation is 3. The molecule has 0 saturated carbocycles. The Bertz CT molecular complexity index is 952. The van der Waals surface area contributed by atoms with Crippen LogP contribution in [0.3, 0.4) is 0 Å². The molecule has 0 aromatic heterocycles. The Morgan fingerprint density at radius 1 is 1.10 bits per heavy atom. The van der Waals surface area contributed by atoms with Crippen molar-refractivity contribution in [2.45, 2.75) is 46.5 Å². The van der Waals surface area contributed by atoms with Gasteiger partial charge in [0.2, 0.25) is 5.91 Å². The molecule has 2 aromatic carbocycles. The first-order valence-corrected chi connectivity index (χ1v) is 10.8. The van der Waals surface area contributed by atoms with Crippen LogP contribution in [0.1, 0.15) is 42.9 Å². The number of nitrogens with one attached hydrogen (secondary N) is 1. The number of ether oxygens (including phenoxy) is 1. The molecule has 1 heterocycles. The molecule has 164 valence electrons. The fraction of sp³-hybridized carbons (Fsp3) is 0.400. The summed E-state index contributed by atoms with van der Waals surface area (Å²) in [5.41, 5.74) is 4.89. The number of hydrogen-bond acceptors (Lipinski definition) is 4. The number of hydrogen-bond donors (Lipinski definition) is 1. The molecule has 1 aliphatic heterocycles. The molecule has 1 unspecified atom stereocenters. The maximum atomic E-state index is 12.4. The van der Waals surface area contributed by atoms with Crippen LogP contribution in [0.15, 0.2) is 42.5 Å². The summed E-state index contributed by atoms with van der Waals surface area (Å²) < 4.78 is 5.18. The summed E-state index contributed by atoms with van der Waals surface area (Å²) in [4.78, 5) is 38.6. The van der Waals surface area contributed by atoms with Crippen LogP contribution in [0, 0.1) is 19.8 Å². The molecule has 6 heteroatoms. The minimum absolute atomic E-state index is 0.0925. The van der Waals surface area contributed by atoms with Gasteiger partial charge in [-0.2, -0.15) is 0 Å². The third kappa shape index (κ3) is 5.94. The molecule has 0 radical (unpaired) electrons. The van der Waals surface area contributed by atoms with E-state index >= 15 is 0 Å². The Kier molecular flexibility index (Phi) is 7.45. The van der Waals surface area contributed by atoms with Crippen LogP contribution in [-0.2, 0) is 25.5 Å². The Hall–Kier alpha value is -3.15. The fourth-order valence-electron chi connectivity index (χ4n) is 3.61. The summed E-state index contributed by atoms with van der Waals surface area (Å²) in [7, 11) is 0. The van der Waals surface area contributed by atoms with Gasteiger partial charge in [0.1, 0.15) is 0 Å². The van der Waals surface area contributed by atoms with Crippen LogP contribution in [-0.4, -0.2) is 30.9 Å². The molecule has 0 spiro atoms. The maximum absolute atomic E-state index is 12.4. The summed E-state index contributed by atoms with van der Waals surface area (Å²) in [6.45, 7) is 6.01. The van der Waals surface area contributed by atoms with Crippen LogP contribution in [0.4, 0.5) is 11.4 Å². The molecular weight excluding hydrogens is 392 g/mol. The number of rotatable bonds is 8. The second-order valence-electron chi connectivity index (χ2n) is 8.13. The highest BCUT2D eigenvalue weighted by atomic mass is 16.5. The number of anilines is 2. The number of carbonyl (C=O) groups is 3. The van der Waals surface area contributed by atoms with Crippen molar-refractivity contribution in [3.63, 3.8) is 0 Å². The second-order valence-corrected chi connectivity index (χ2v) is 8.13. The van der Waals surface area contributed by atoms with E-state index < -0.39 is 17.8 Å². The van der Waals surface area contributed by atoms with E-state index in [9.17, 15) is 14.4 Å². The maximum Gasteiger partial charge on any atom is 0.311 e. The standard InChI is InChI=1S/C25H30N2O4/c1-4-5-6-19-8-11-22(12-9-19)27-15-20(14-24(27)29)25(30)31-16-23(28)26-21-10-7-17(2)18(3)13-21/h7-13,20H,4-6,14-16H2,1-3H3,(H,26,28). The Morgan fingerprint density at radius 3 is 2.52 bits per heavy atom. The normalized spacial score (nSPS) is 15.8. The molecule has 1 aliphatic rings. The molecule has 2 aromatic rings. The number of unbranched alkanes of at least 4 members (excludes halogenated alkanes) is 1. The number of nitrogens with zero attached hydrogens (tertiary/aromatic N) is 1. The molecule has 0 aliphatic carbocycles. The lowest BCUT2D eigenvalue weighted by molar-refractivity contribution is -0.151. The lowest BCUT2D eigenvalue weighted by Crippen LogP contribution is -2.28. The van der Waals surface area contributed by atoms with E-state index in [4.69, 9.17) is 4.74 Å². The lowest BCUT2D eigenvalue weighted by Gasteiger charge is -2.17. The summed E-state index contributed by atoms with van der Waals surface area (Å²) in [5.74, 6) is -1.60. The van der Waals surface area contributed by atoms with Crippen LogP contribution in [0.2, 0.25) is 0 Å². The van der Waals surface area contributed by atoms with Gasteiger partial charge in [-0.3, -0.25) is 14.4 Å². The number of benzene rings is 2. The zero-order chi connectivity index (χ0) is 22.4. The van der Waals surface area contributed by atoms with E-state index in [2.05, 4.69) is 12.2 Å². The third-order valence-corrected chi connectivity index (χ3v) is 5.66. The number of carbonyl (C=O) groups excluding carboxylic acids is 3. The van der Waals surface area contributed by atoms with Gasteiger partial charge in [0, 0.05) is 24.3 Å². The molecule has 1 atom stereocenters. The highest BCUT2D eigenvalue weighted by Gasteiger charge is 2.36. The first-order chi connectivity index (χ1) is 14.9. The zero-order valence-corrected chi connectivity index (χ0v) is 18.4. The third-order valence-electron chi connectivity index (χ3n) is 5.66. The predicted octanol–water partition coefficient (Wildman–Crippen LogP) is 4.18. The van der Waals surface area contributed by atoms with E-state index in [0.717, 1.165) is 36.1 Å². The van der Waals surface area contributed by atoms with Crippen molar-refractivity contribution in [1.29, 1.82) is 0 Å². The van der Waals surface area contributed by atoms with Gasteiger partial charge in [-0.15, -0.1) is 0 Å². The monoisotopic (exact) mass is 422 g/mol. The van der Waals surface area contributed by atoms with Gasteiger partial charge in [0.25, 0.3) is 5.91 Å². The van der Waals surface area contributed by atoms with Crippen molar-refractivity contribution in [2.24, 2.45) is 5.92 Å². The summed E-state index contributed by atoms with van der Waals surface area (Å²) in [6.07, 6.45) is 3.38. The average molecular weight is 423 g/mol. The topological polar surface area (TPSA) is 75.7 Å². The van der Waals surface area contributed by atoms with E-state index in [1.165, 1.54) is 5.56 Å². The quantitative estimate of drug-likeness (QED) is 0.648. The SMILES string of the molecule is CCCCc1ccc(N2CC(C(=O)OCC(=O)Nc3ccc(C)c(C)c3)CC2=O)cc1. The molecule has 31 heavy (non-hydrogen) atoms. The zero-order valence-electron chi connectivity index (χ0n) is 18.4. The minimum Gasteiger partial charge on any atom is -0.455 e. The predicted molar refractivity (Wildman–Crippen MR) is 121 cm³/mol. The fourth-order valence-corrected chi connectivity index (χ4v) is 3.61. The van der Waals surface area contributed by atoms with Crippen molar-refractivity contribution in [2.75, 3.05) is 23.4 Å². The van der Waals surface area contributed by atoms with E-state index in [1.54, 1.807) is 4.90 Å². The van der Waals surface area contributed by atoms with Crippen LogP contribution >= 0.6 is 0 Å². The highest BCUT2D eigenvalue weighted by Crippen LogP contribution is 2.26. The van der Waals surface area contributed by atoms with Gasteiger partial charge in [-0.25, -0.2) is 0 Å². The second kappa shape index (κ2) is 10.2. The van der Waals surface area contributed by atoms with Gasteiger partial charge >= 0.3 is 5.97 Å². The summed E-state index contributed by atoms with van der Waals surface area (Å²) in [5, 5.41) is 2.73. The molecule has 2 amide bonds. The van der Waals surface area contributed by atoms with E-state index in [0.29, 0.717) is 5.69 Å². The van der Waals surface area contributed by atoms with Gasteiger partial charge in [0.05, 0.1) is 5.92 Å². The van der Waals surface area contributed by atoms with Gasteiger partial charge in [-0.05, 0) is 67.6 Å². The molecule has 1 saturated heterocycles. The van der Waals surface area contributed by atoms with Crippen LogP contribution in [0.5, 0.6) is 0 Å². The molecule has 3 rings (SSSR count). The minimum atomic E-state index is -0.568. The first kappa shape index (κ1) is 22.5. The van der Waals surface area contributed by atoms with Crippen molar-refractivity contribution in [3.8, 4) is 0 Å². The smallest absolute Gasteiger partial charge is 0.311 e. The van der Waals surface area contributed by atoms with Crippen molar-refractivity contribution < 1.29 is 19.1 Å². The van der Waals surface area contributed by atoms with Crippen LogP contribution < -0.4 is 10.2 Å². The molecule has 0 bridgehead atoms. The van der Waals surface area contributed by atoms with Gasteiger partial charge < -0.3 is 15.0 Å². The summed E-state index contributed by atoms with van der Waals surface area (Å²) in [6, 6.07) is 13.5. The Balaban J connectivity index is 1.50. The van der Waals surface area contributed by atoms with Crippen molar-refractivity contribution >= 4 is 29.2 Å². The molecule has 6 nitrogen and oxygen atoms in total. The Labute approximate surface area is 183 Å². The van der Waals surface area contributed by atoms with Crippen LogP contribution in [0.25, 0.3) is 0 Å². The number of amides is 2. The molecule has 1 fully saturated rings. The summed E-state index contributed by atoms with van der Waals surface area (Å²) >= 11 is 0. The highest BCUT2D eigenvalue weighted by molar-refractivity contribution is 6.00. The molecular formula is C25H30N2O4. The van der Waals surface area contributed by atoms with Gasteiger partial charge in [-0.1, -0.05) is 31.5 Å². The van der Waals surface area contributed by atoms with Gasteiger partial charge in [0.15, 0.2) is 6.61 Å². The lowest BCUT2D eigenvalue weighted by atomic mass is 10.1. The van der Waals surface area contributed by atoms with Crippen molar-refractivity contribution in [1.82, 2.24) is 0 Å². The van der Waals surface area contributed by atoms with E-state index in [-0.39, 0.29) is 25.5 Å². The number of esters is 1. The molecule has 1 N–H and O–H groups in total. The largest absolute Gasteiger partial charge is 0.455 e. The van der Waals surface area contributed by atoms with E-state index in [1.807, 2.05) is 56.3 Å². The van der Waals surface area contributed by atoms with Crippen molar-refractivity contribution in [3.05, 3.63) is 59.2 Å². The first-order valence-electron chi connectivity index (χ1n) is 10.8. The average Bonchev–Trinajstić information content (AvgIpc) is 3.15.